The number of fused-ring (bicyclic) bond motifs is 7. The van der Waals surface area contributed by atoms with Gasteiger partial charge in [0.2, 0.25) is 5.91 Å². The maximum absolute atomic E-state index is 13.0. The number of rotatable bonds is 8. The summed E-state index contributed by atoms with van der Waals surface area (Å²) in [5.41, 5.74) is 4.78. The zero-order valence-corrected chi connectivity index (χ0v) is 34.3. The van der Waals surface area contributed by atoms with E-state index in [1.54, 1.807) is 12.5 Å². The zero-order valence-electron chi connectivity index (χ0n) is 34.3. The second-order valence-electron chi connectivity index (χ2n) is 20.2. The van der Waals surface area contributed by atoms with Crippen LogP contribution in [0, 0.1) is 51.8 Å². The Morgan fingerprint density at radius 1 is 0.870 bits per heavy atom. The van der Waals surface area contributed by atoms with E-state index in [-0.39, 0.29) is 23.3 Å². The smallest absolute Gasteiger partial charge is 0.309 e. The van der Waals surface area contributed by atoms with E-state index in [2.05, 4.69) is 45.2 Å². The summed E-state index contributed by atoms with van der Waals surface area (Å²) in [5.74, 6) is 3.61. The first kappa shape index (κ1) is 38.4. The highest BCUT2D eigenvalue weighted by molar-refractivity contribution is 5.73. The Morgan fingerprint density at radius 2 is 1.65 bits per heavy atom. The summed E-state index contributed by atoms with van der Waals surface area (Å²) in [5, 5.41) is 15.6. The van der Waals surface area contributed by atoms with E-state index in [1.165, 1.54) is 69.8 Å². The number of hydrogen-bond donors (Lipinski definition) is 2. The van der Waals surface area contributed by atoms with Crippen molar-refractivity contribution in [1.82, 2.24) is 10.2 Å². The van der Waals surface area contributed by atoms with E-state index >= 15 is 0 Å². The van der Waals surface area contributed by atoms with E-state index < -0.39 is 5.60 Å². The van der Waals surface area contributed by atoms with Crippen LogP contribution in [0.4, 0.5) is 0 Å². The van der Waals surface area contributed by atoms with Crippen LogP contribution in [0.1, 0.15) is 143 Å². The van der Waals surface area contributed by atoms with Crippen LogP contribution in [0.3, 0.4) is 0 Å². The highest BCUT2D eigenvalue weighted by atomic mass is 16.5. The van der Waals surface area contributed by atoms with E-state index in [4.69, 9.17) is 4.74 Å². The number of esters is 1. The molecule has 7 unspecified atom stereocenters. The quantitative estimate of drug-likeness (QED) is 0.260. The fourth-order valence-electron chi connectivity index (χ4n) is 14.7. The number of amides is 1. The first-order chi connectivity index (χ1) is 25.8. The normalized spacial score (nSPS) is 41.3. The number of nitrogens with one attached hydrogen (secondary N) is 1. The molecule has 6 nitrogen and oxygen atoms in total. The van der Waals surface area contributed by atoms with Gasteiger partial charge in [-0.25, -0.2) is 0 Å². The molecule has 8 rings (SSSR count). The average Bonchev–Trinajstić information content (AvgIpc) is 3.59. The third-order valence-corrected chi connectivity index (χ3v) is 18.1. The summed E-state index contributed by atoms with van der Waals surface area (Å²) < 4.78 is 5.73. The molecule has 1 saturated heterocycles. The van der Waals surface area contributed by atoms with Crippen molar-refractivity contribution in [3.63, 3.8) is 0 Å². The van der Waals surface area contributed by atoms with Crippen molar-refractivity contribution >= 4 is 11.9 Å². The third kappa shape index (κ3) is 6.45. The van der Waals surface area contributed by atoms with Crippen molar-refractivity contribution in [3.8, 4) is 0 Å². The molecule has 2 N–H and O–H groups in total. The van der Waals surface area contributed by atoms with Crippen LogP contribution in [-0.2, 0) is 20.9 Å². The van der Waals surface area contributed by atoms with Gasteiger partial charge < -0.3 is 20.1 Å². The van der Waals surface area contributed by atoms with Crippen LogP contribution in [0.25, 0.3) is 0 Å². The first-order valence-electron chi connectivity index (χ1n) is 22.1. The Hall–Kier alpha value is -2.44. The predicted octanol–water partition coefficient (Wildman–Crippen LogP) is 9.56. The predicted molar refractivity (Wildman–Crippen MR) is 215 cm³/mol. The van der Waals surface area contributed by atoms with Crippen LogP contribution in [0.5, 0.6) is 0 Å². The van der Waals surface area contributed by atoms with Crippen molar-refractivity contribution in [3.05, 3.63) is 59.2 Å². The van der Waals surface area contributed by atoms with Gasteiger partial charge in [0.05, 0.1) is 11.5 Å². The van der Waals surface area contributed by atoms with E-state index in [0.717, 1.165) is 55.5 Å². The topological polar surface area (TPSA) is 78.9 Å². The maximum Gasteiger partial charge on any atom is 0.309 e. The molecule has 1 heterocycles. The molecule has 1 aromatic rings. The summed E-state index contributed by atoms with van der Waals surface area (Å²) in [4.78, 5) is 26.7. The Bertz CT molecular complexity index is 1630. The van der Waals surface area contributed by atoms with Gasteiger partial charge in [0, 0.05) is 25.6 Å². The molecule has 1 aromatic carbocycles. The number of allylic oxidation sites excluding steroid dienone is 4. The van der Waals surface area contributed by atoms with Gasteiger partial charge in [0.25, 0.3) is 0 Å². The van der Waals surface area contributed by atoms with E-state index in [0.29, 0.717) is 60.6 Å². The fourth-order valence-corrected chi connectivity index (χ4v) is 14.7. The van der Waals surface area contributed by atoms with Crippen LogP contribution in [0.15, 0.2) is 53.6 Å². The lowest BCUT2D eigenvalue weighted by Gasteiger charge is -2.71. The molecule has 10 atom stereocenters. The molecule has 1 aliphatic heterocycles. The molecule has 1 amide bonds. The number of aliphatic hydroxyl groups is 1. The van der Waals surface area contributed by atoms with Crippen LogP contribution in [0.2, 0.25) is 0 Å². The molecule has 6 heteroatoms. The molecule has 5 fully saturated rings. The van der Waals surface area contributed by atoms with Crippen molar-refractivity contribution in [1.29, 1.82) is 0 Å². The highest BCUT2D eigenvalue weighted by Crippen LogP contribution is 2.75. The average molecular weight is 739 g/mol. The van der Waals surface area contributed by atoms with Crippen molar-refractivity contribution in [2.45, 2.75) is 155 Å². The number of nitrogens with zero attached hydrogens (tertiary/aromatic N) is 1. The van der Waals surface area contributed by atoms with Gasteiger partial charge in [0.1, 0.15) is 6.61 Å². The van der Waals surface area contributed by atoms with Gasteiger partial charge in [0.15, 0.2) is 0 Å². The Labute approximate surface area is 326 Å². The second kappa shape index (κ2) is 14.5. The first-order valence-corrected chi connectivity index (χ1v) is 22.1. The molecule has 0 aromatic heterocycles. The van der Waals surface area contributed by atoms with Crippen molar-refractivity contribution in [2.75, 3.05) is 19.6 Å². The lowest BCUT2D eigenvalue weighted by molar-refractivity contribution is -0.212. The minimum Gasteiger partial charge on any atom is -0.461 e. The molecular weight excluding hydrogens is 669 g/mol. The van der Waals surface area contributed by atoms with Crippen molar-refractivity contribution in [2.24, 2.45) is 51.8 Å². The standard InChI is InChI=1S/C48H70N2O4/c1-33-38(36-13-15-37(16-14-36)43(52)54-32-35-10-7-6-8-11-35)19-22-44(3)39(33)20-23-46(5)42(44)18-17-40-41-12-9-21-48(41,25-24-45(40,46)4)49-29-26-47(53)27-30-50(31-28-47)34(2)51/h6-8,10-11,13,19,33,37,39-42,49,53H,9,12,14-18,20-32H2,1-5H3/t33?,37?,39?,40-,41-,42?,44?,45-,46?,48?/m1/s1. The molecule has 4 saturated carbocycles. The summed E-state index contributed by atoms with van der Waals surface area (Å²) in [6, 6.07) is 10.0. The molecule has 0 radical (unpaired) electrons. The summed E-state index contributed by atoms with van der Waals surface area (Å²) in [7, 11) is 0. The molecule has 0 bridgehead atoms. The van der Waals surface area contributed by atoms with Gasteiger partial charge in [-0.15, -0.1) is 0 Å². The number of piperidine rings is 1. The number of carbonyl (C=O) groups excluding carboxylic acids is 2. The molecule has 0 spiro atoms. The van der Waals surface area contributed by atoms with Gasteiger partial charge in [-0.2, -0.15) is 0 Å². The summed E-state index contributed by atoms with van der Waals surface area (Å²) >= 11 is 0. The van der Waals surface area contributed by atoms with Crippen LogP contribution < -0.4 is 5.32 Å². The van der Waals surface area contributed by atoms with E-state index in [1.807, 2.05) is 35.2 Å². The number of ether oxygens (including phenoxy) is 1. The number of benzene rings is 1. The molecule has 7 aliphatic rings. The fraction of sp³-hybridized carbons (Fsp3) is 0.750. The summed E-state index contributed by atoms with van der Waals surface area (Å²) in [6.07, 6.45) is 23.1. The van der Waals surface area contributed by atoms with Crippen LogP contribution in [-0.4, -0.2) is 52.7 Å². The van der Waals surface area contributed by atoms with Gasteiger partial charge in [-0.05, 0) is 165 Å². The SMILES string of the molecule is CC(=O)N1CCC(O)(CCNC23CCC[C@@H]2[C@H]2CCC4C5(C)CC=C(C6=CCC(C(=O)OCc7ccccc7)CC6)C(C)C5CCC4(C)[C@]2(C)CC3)CC1. The minimum absolute atomic E-state index is 0.0267. The van der Waals surface area contributed by atoms with Gasteiger partial charge in [-0.3, -0.25) is 9.59 Å². The number of carbonyl (C=O) groups is 2. The lowest BCUT2D eigenvalue weighted by atomic mass is 9.34. The monoisotopic (exact) mass is 739 g/mol. The van der Waals surface area contributed by atoms with Crippen LogP contribution >= 0.6 is 0 Å². The Morgan fingerprint density at radius 3 is 2.37 bits per heavy atom. The lowest BCUT2D eigenvalue weighted by Crippen LogP contribution is -2.67. The molecule has 6 aliphatic carbocycles. The maximum atomic E-state index is 13.0. The molecular formula is C48H70N2O4. The van der Waals surface area contributed by atoms with Crippen molar-refractivity contribution < 1.29 is 19.4 Å². The third-order valence-electron chi connectivity index (χ3n) is 18.1. The van der Waals surface area contributed by atoms with E-state index in [9.17, 15) is 14.7 Å². The second-order valence-corrected chi connectivity index (χ2v) is 20.2. The minimum atomic E-state index is -0.648. The van der Waals surface area contributed by atoms with Gasteiger partial charge >= 0.3 is 5.97 Å². The Balaban J connectivity index is 0.920. The molecule has 296 valence electrons. The summed E-state index contributed by atoms with van der Waals surface area (Å²) in [6.45, 7) is 15.0. The number of hydrogen-bond acceptors (Lipinski definition) is 5. The highest BCUT2D eigenvalue weighted by Gasteiger charge is 2.68. The molecule has 54 heavy (non-hydrogen) atoms. The largest absolute Gasteiger partial charge is 0.461 e. The number of likely N-dealkylation sites (tertiary alicyclic amines) is 1. The Kier molecular flexibility index (Phi) is 10.3. The van der Waals surface area contributed by atoms with Gasteiger partial charge in [-0.1, -0.05) is 76.6 Å². The zero-order chi connectivity index (χ0) is 37.9.